The van der Waals surface area contributed by atoms with Gasteiger partial charge in [-0.15, -0.1) is 0 Å². The summed E-state index contributed by atoms with van der Waals surface area (Å²) in [7, 11) is 0. The molecule has 2 rings (SSSR count). The maximum absolute atomic E-state index is 10.8. The molecule has 0 spiro atoms. The largest absolute Gasteiger partial charge is 0.295 e. The Morgan fingerprint density at radius 2 is 2.13 bits per heavy atom. The Hall–Kier alpha value is -0.850. The zero-order valence-electron chi connectivity index (χ0n) is 9.92. The number of carbonyl (C=O) groups is 1. The second-order valence-electron chi connectivity index (χ2n) is 5.52. The van der Waals surface area contributed by atoms with E-state index >= 15 is 0 Å². The van der Waals surface area contributed by atoms with Crippen molar-refractivity contribution in [3.8, 4) is 0 Å². The lowest BCUT2D eigenvalue weighted by molar-refractivity contribution is -0.112. The van der Waals surface area contributed by atoms with Gasteiger partial charge in [0.2, 0.25) is 0 Å². The second kappa shape index (κ2) is 3.62. The van der Waals surface area contributed by atoms with Crippen LogP contribution in [0.4, 0.5) is 0 Å². The van der Waals surface area contributed by atoms with Crippen molar-refractivity contribution in [2.75, 3.05) is 0 Å². The summed E-state index contributed by atoms with van der Waals surface area (Å²) in [5.41, 5.74) is 1.93. The molecular formula is C14H20O. The number of hydrogen-bond donors (Lipinski definition) is 0. The van der Waals surface area contributed by atoms with E-state index in [9.17, 15) is 4.79 Å². The Bertz CT molecular complexity index is 333. The third kappa shape index (κ3) is 1.80. The van der Waals surface area contributed by atoms with Gasteiger partial charge in [-0.2, -0.15) is 0 Å². The molecule has 1 nitrogen and oxygen atoms in total. The van der Waals surface area contributed by atoms with Crippen molar-refractivity contribution in [1.82, 2.24) is 0 Å². The molecule has 82 valence electrons. The van der Waals surface area contributed by atoms with Crippen LogP contribution >= 0.6 is 0 Å². The first kappa shape index (κ1) is 10.7. The van der Waals surface area contributed by atoms with Gasteiger partial charge in [-0.05, 0) is 49.5 Å². The van der Waals surface area contributed by atoms with Gasteiger partial charge < -0.3 is 0 Å². The fourth-order valence-electron chi connectivity index (χ4n) is 3.32. The van der Waals surface area contributed by atoms with E-state index in [4.69, 9.17) is 0 Å². The molecule has 0 aromatic rings. The van der Waals surface area contributed by atoms with Crippen LogP contribution in [0.15, 0.2) is 23.8 Å². The third-order valence-corrected chi connectivity index (χ3v) is 4.24. The predicted octanol–water partition coefficient (Wildman–Crippen LogP) is 3.51. The molecule has 2 bridgehead atoms. The second-order valence-corrected chi connectivity index (χ2v) is 5.52. The Morgan fingerprint density at radius 3 is 2.67 bits per heavy atom. The van der Waals surface area contributed by atoms with Crippen molar-refractivity contribution in [2.45, 2.75) is 40.0 Å². The fourth-order valence-corrected chi connectivity index (χ4v) is 3.32. The van der Waals surface area contributed by atoms with Gasteiger partial charge in [0.05, 0.1) is 0 Å². The molecule has 2 aliphatic rings. The first-order valence-electron chi connectivity index (χ1n) is 5.91. The summed E-state index contributed by atoms with van der Waals surface area (Å²) in [6, 6.07) is 0. The predicted molar refractivity (Wildman–Crippen MR) is 62.5 cm³/mol. The summed E-state index contributed by atoms with van der Waals surface area (Å²) in [4.78, 5) is 10.8. The van der Waals surface area contributed by atoms with Crippen LogP contribution in [0.1, 0.15) is 40.0 Å². The van der Waals surface area contributed by atoms with Gasteiger partial charge >= 0.3 is 0 Å². The first-order valence-corrected chi connectivity index (χ1v) is 5.91. The van der Waals surface area contributed by atoms with Crippen molar-refractivity contribution < 1.29 is 4.79 Å². The first-order chi connectivity index (χ1) is 7.01. The number of allylic oxidation sites excluding steroid dienone is 4. The highest BCUT2D eigenvalue weighted by atomic mass is 16.1. The molecule has 2 fully saturated rings. The van der Waals surface area contributed by atoms with E-state index in [1.807, 2.05) is 6.08 Å². The van der Waals surface area contributed by atoms with Gasteiger partial charge in [-0.1, -0.05) is 31.6 Å². The molecule has 15 heavy (non-hydrogen) atoms. The van der Waals surface area contributed by atoms with E-state index < -0.39 is 0 Å². The summed E-state index contributed by atoms with van der Waals surface area (Å²) >= 11 is 0. The zero-order valence-corrected chi connectivity index (χ0v) is 9.92. The molecule has 0 amide bonds. The molecular weight excluding hydrogens is 184 g/mol. The lowest BCUT2D eigenvalue weighted by Crippen LogP contribution is -2.22. The van der Waals surface area contributed by atoms with Crippen molar-refractivity contribution in [1.29, 1.82) is 0 Å². The monoisotopic (exact) mass is 204 g/mol. The quantitative estimate of drug-likeness (QED) is 0.629. The van der Waals surface area contributed by atoms with Crippen LogP contribution in [-0.4, -0.2) is 5.78 Å². The highest BCUT2D eigenvalue weighted by Crippen LogP contribution is 2.58. The Kier molecular flexibility index (Phi) is 2.57. The summed E-state index contributed by atoms with van der Waals surface area (Å²) in [5.74, 6) is 1.80. The number of ketones is 1. The molecule has 0 aromatic carbocycles. The molecule has 0 heterocycles. The smallest absolute Gasteiger partial charge is 0.152 e. The summed E-state index contributed by atoms with van der Waals surface area (Å²) in [5, 5.41) is 0. The van der Waals surface area contributed by atoms with Gasteiger partial charge in [0.1, 0.15) is 0 Å². The highest BCUT2D eigenvalue weighted by Gasteiger charge is 2.48. The number of hydrogen-bond acceptors (Lipinski definition) is 1. The van der Waals surface area contributed by atoms with E-state index in [1.165, 1.54) is 19.3 Å². The maximum atomic E-state index is 10.8. The van der Waals surface area contributed by atoms with Gasteiger partial charge in [0.25, 0.3) is 0 Å². The van der Waals surface area contributed by atoms with Crippen LogP contribution in [0.3, 0.4) is 0 Å². The van der Waals surface area contributed by atoms with Crippen molar-refractivity contribution in [3.05, 3.63) is 23.8 Å². The Morgan fingerprint density at radius 1 is 1.40 bits per heavy atom. The van der Waals surface area contributed by atoms with Crippen LogP contribution < -0.4 is 0 Å². The van der Waals surface area contributed by atoms with Gasteiger partial charge in [-0.25, -0.2) is 0 Å². The van der Waals surface area contributed by atoms with Crippen molar-refractivity contribution >= 4 is 5.78 Å². The minimum atomic E-state index is 0.132. The SMILES string of the molecule is CC(=O)/C=C\C=C1/[C@H]2CC[C@H](C2)C1(C)C. The van der Waals surface area contributed by atoms with E-state index in [0.717, 1.165) is 11.8 Å². The zero-order chi connectivity index (χ0) is 11.1. The number of fused-ring (bicyclic) bond motifs is 2. The topological polar surface area (TPSA) is 17.1 Å². The normalized spacial score (nSPS) is 35.5. The minimum Gasteiger partial charge on any atom is -0.295 e. The van der Waals surface area contributed by atoms with Crippen LogP contribution in [-0.2, 0) is 4.79 Å². The molecule has 2 aliphatic carbocycles. The average molecular weight is 204 g/mol. The molecule has 0 radical (unpaired) electrons. The van der Waals surface area contributed by atoms with E-state index in [1.54, 1.807) is 18.6 Å². The van der Waals surface area contributed by atoms with E-state index in [0.29, 0.717) is 5.41 Å². The molecule has 1 heteroatoms. The molecule has 0 N–H and O–H groups in total. The van der Waals surface area contributed by atoms with E-state index in [2.05, 4.69) is 19.9 Å². The summed E-state index contributed by atoms with van der Waals surface area (Å²) in [6.45, 7) is 6.30. The van der Waals surface area contributed by atoms with E-state index in [-0.39, 0.29) is 5.78 Å². The molecule has 0 saturated heterocycles. The Balaban J connectivity index is 2.18. The number of rotatable bonds is 2. The Labute approximate surface area is 92.3 Å². The van der Waals surface area contributed by atoms with Crippen LogP contribution in [0.25, 0.3) is 0 Å². The molecule has 0 aliphatic heterocycles. The van der Waals surface area contributed by atoms with Crippen LogP contribution in [0.5, 0.6) is 0 Å². The van der Waals surface area contributed by atoms with Crippen molar-refractivity contribution in [2.24, 2.45) is 17.3 Å². The molecule has 0 unspecified atom stereocenters. The van der Waals surface area contributed by atoms with Gasteiger partial charge in [0, 0.05) is 0 Å². The average Bonchev–Trinajstić information content (AvgIpc) is 2.66. The number of carbonyl (C=O) groups excluding carboxylic acids is 1. The summed E-state index contributed by atoms with van der Waals surface area (Å²) in [6.07, 6.45) is 9.90. The van der Waals surface area contributed by atoms with Crippen LogP contribution in [0, 0.1) is 17.3 Å². The lowest BCUT2D eigenvalue weighted by atomic mass is 9.72. The van der Waals surface area contributed by atoms with Crippen molar-refractivity contribution in [3.63, 3.8) is 0 Å². The maximum Gasteiger partial charge on any atom is 0.152 e. The minimum absolute atomic E-state index is 0.132. The molecule has 2 saturated carbocycles. The molecule has 2 atom stereocenters. The standard InChI is InChI=1S/C14H20O/c1-10(15)5-4-6-13-11-7-8-12(9-11)14(13,2)3/h4-6,11-12H,7-9H2,1-3H3/b5-4-,13-6+/t11-,12+/m0/s1. The highest BCUT2D eigenvalue weighted by molar-refractivity contribution is 5.87. The van der Waals surface area contributed by atoms with Crippen LogP contribution in [0.2, 0.25) is 0 Å². The third-order valence-electron chi connectivity index (χ3n) is 4.24. The van der Waals surface area contributed by atoms with Gasteiger partial charge in [-0.3, -0.25) is 4.79 Å². The summed E-state index contributed by atoms with van der Waals surface area (Å²) < 4.78 is 0. The molecule has 0 aromatic heterocycles. The lowest BCUT2D eigenvalue weighted by Gasteiger charge is -2.32. The van der Waals surface area contributed by atoms with Gasteiger partial charge in [0.15, 0.2) is 5.78 Å². The fraction of sp³-hybridized carbons (Fsp3) is 0.643.